The van der Waals surface area contributed by atoms with Crippen molar-refractivity contribution in [2.24, 2.45) is 5.10 Å². The SMILES string of the molecule is O=C1c2ccccc2C(=O)C12NN=C(c1cc3ccccc3[nH]1)O2. The number of aromatic amines is 1. The smallest absolute Gasteiger partial charge is 0.324 e. The molecule has 6 nitrogen and oxygen atoms in total. The van der Waals surface area contributed by atoms with Gasteiger partial charge >= 0.3 is 5.72 Å². The molecule has 1 aromatic heterocycles. The molecule has 2 heterocycles. The third-order valence-electron chi connectivity index (χ3n) is 4.38. The van der Waals surface area contributed by atoms with E-state index in [1.165, 1.54) is 0 Å². The Kier molecular flexibility index (Phi) is 2.35. The first-order valence-corrected chi connectivity index (χ1v) is 7.50. The summed E-state index contributed by atoms with van der Waals surface area (Å²) in [5, 5.41) is 5.08. The van der Waals surface area contributed by atoms with Crippen LogP contribution in [-0.4, -0.2) is 28.2 Å². The van der Waals surface area contributed by atoms with Gasteiger partial charge in [0.15, 0.2) is 0 Å². The summed E-state index contributed by atoms with van der Waals surface area (Å²) in [6.07, 6.45) is 0. The number of H-pyrrole nitrogens is 1. The summed E-state index contributed by atoms with van der Waals surface area (Å²) in [7, 11) is 0. The normalized spacial score (nSPS) is 17.8. The molecule has 0 bridgehead atoms. The average molecular weight is 317 g/mol. The maximum atomic E-state index is 12.7. The second-order valence-electron chi connectivity index (χ2n) is 5.79. The summed E-state index contributed by atoms with van der Waals surface area (Å²) in [6, 6.07) is 16.3. The first kappa shape index (κ1) is 13.1. The fraction of sp³-hybridized carbons (Fsp3) is 0.0556. The van der Waals surface area contributed by atoms with Crippen LogP contribution in [0, 0.1) is 0 Å². The maximum Gasteiger partial charge on any atom is 0.324 e. The van der Waals surface area contributed by atoms with Gasteiger partial charge in [-0.1, -0.05) is 42.5 Å². The van der Waals surface area contributed by atoms with Crippen molar-refractivity contribution in [2.45, 2.75) is 5.72 Å². The molecule has 0 saturated heterocycles. The molecule has 1 spiro atoms. The number of nitrogens with one attached hydrogen (secondary N) is 2. The molecule has 2 N–H and O–H groups in total. The van der Waals surface area contributed by atoms with E-state index in [1.807, 2.05) is 30.3 Å². The Labute approximate surface area is 136 Å². The van der Waals surface area contributed by atoms with E-state index in [-0.39, 0.29) is 5.90 Å². The molecule has 0 amide bonds. The van der Waals surface area contributed by atoms with Crippen molar-refractivity contribution in [3.8, 4) is 0 Å². The van der Waals surface area contributed by atoms with Gasteiger partial charge in [0.1, 0.15) is 5.69 Å². The Bertz CT molecular complexity index is 996. The number of hydrogen-bond donors (Lipinski definition) is 2. The highest BCUT2D eigenvalue weighted by molar-refractivity contribution is 6.33. The van der Waals surface area contributed by atoms with Crippen molar-refractivity contribution in [3.05, 3.63) is 71.4 Å². The number of benzene rings is 2. The molecule has 1 aliphatic heterocycles. The van der Waals surface area contributed by atoms with Gasteiger partial charge in [-0.05, 0) is 12.1 Å². The molecule has 6 heteroatoms. The van der Waals surface area contributed by atoms with Crippen molar-refractivity contribution >= 4 is 28.4 Å². The Morgan fingerprint density at radius 2 is 1.58 bits per heavy atom. The van der Waals surface area contributed by atoms with Gasteiger partial charge in [-0.3, -0.25) is 15.0 Å². The maximum absolute atomic E-state index is 12.7. The molecule has 1 aliphatic carbocycles. The van der Waals surface area contributed by atoms with Crippen LogP contribution in [0.2, 0.25) is 0 Å². The molecule has 3 aromatic rings. The third kappa shape index (κ3) is 1.52. The van der Waals surface area contributed by atoms with E-state index in [4.69, 9.17) is 4.74 Å². The predicted molar refractivity (Wildman–Crippen MR) is 86.9 cm³/mol. The number of ketones is 2. The van der Waals surface area contributed by atoms with Crippen molar-refractivity contribution in [2.75, 3.05) is 0 Å². The number of rotatable bonds is 1. The average Bonchev–Trinajstić information content (AvgIpc) is 3.29. The van der Waals surface area contributed by atoms with Crippen LogP contribution < -0.4 is 5.43 Å². The first-order chi connectivity index (χ1) is 11.7. The minimum atomic E-state index is -1.78. The largest absolute Gasteiger partial charge is 0.431 e. The van der Waals surface area contributed by atoms with Crippen molar-refractivity contribution in [3.63, 3.8) is 0 Å². The summed E-state index contributed by atoms with van der Waals surface area (Å²) in [5.41, 5.74) is 3.07. The highest BCUT2D eigenvalue weighted by atomic mass is 16.6. The lowest BCUT2D eigenvalue weighted by atomic mass is 10.1. The van der Waals surface area contributed by atoms with E-state index in [9.17, 15) is 9.59 Å². The molecule has 0 radical (unpaired) electrons. The Morgan fingerprint density at radius 1 is 0.917 bits per heavy atom. The lowest BCUT2D eigenvalue weighted by molar-refractivity contribution is 0.0363. The fourth-order valence-electron chi connectivity index (χ4n) is 3.18. The topological polar surface area (TPSA) is 83.5 Å². The number of aromatic nitrogens is 1. The van der Waals surface area contributed by atoms with Crippen LogP contribution in [0.3, 0.4) is 0 Å². The number of Topliss-reactive ketones (excluding diaryl/α,β-unsaturated/α-hetero) is 2. The van der Waals surface area contributed by atoms with Gasteiger partial charge in [-0.15, -0.1) is 5.10 Å². The summed E-state index contributed by atoms with van der Waals surface area (Å²) < 4.78 is 5.74. The monoisotopic (exact) mass is 317 g/mol. The number of ether oxygens (including phenoxy) is 1. The van der Waals surface area contributed by atoms with Crippen LogP contribution >= 0.6 is 0 Å². The summed E-state index contributed by atoms with van der Waals surface area (Å²) in [6.45, 7) is 0. The predicted octanol–water partition coefficient (Wildman–Crippen LogP) is 2.22. The summed E-state index contributed by atoms with van der Waals surface area (Å²) in [4.78, 5) is 28.6. The van der Waals surface area contributed by atoms with E-state index < -0.39 is 17.3 Å². The van der Waals surface area contributed by atoms with E-state index >= 15 is 0 Å². The second-order valence-corrected chi connectivity index (χ2v) is 5.79. The van der Waals surface area contributed by atoms with E-state index in [2.05, 4.69) is 15.5 Å². The standard InChI is InChI=1S/C18H11N3O3/c22-15-11-6-2-3-7-12(11)16(23)18(15)21-20-17(24-18)14-9-10-5-1-4-8-13(10)19-14/h1-9,19,21H. The molecular weight excluding hydrogens is 306 g/mol. The highest BCUT2D eigenvalue weighted by Gasteiger charge is 2.59. The third-order valence-corrected chi connectivity index (χ3v) is 4.38. The molecule has 0 unspecified atom stereocenters. The van der Waals surface area contributed by atoms with E-state index in [0.717, 1.165) is 10.9 Å². The Hall–Kier alpha value is -3.41. The van der Waals surface area contributed by atoms with Crippen molar-refractivity contribution in [1.29, 1.82) is 0 Å². The molecule has 0 fully saturated rings. The Balaban J connectivity index is 1.55. The van der Waals surface area contributed by atoms with Gasteiger partial charge in [0.2, 0.25) is 11.6 Å². The molecule has 116 valence electrons. The number of carbonyl (C=O) groups is 2. The quantitative estimate of drug-likeness (QED) is 0.674. The number of nitrogens with zero attached hydrogens (tertiary/aromatic N) is 1. The molecule has 0 atom stereocenters. The number of hydrogen-bond acceptors (Lipinski definition) is 5. The first-order valence-electron chi connectivity index (χ1n) is 7.50. The van der Waals surface area contributed by atoms with Gasteiger partial charge in [-0.25, -0.2) is 0 Å². The zero-order valence-corrected chi connectivity index (χ0v) is 12.4. The number of para-hydroxylation sites is 1. The zero-order chi connectivity index (χ0) is 16.3. The van der Waals surface area contributed by atoms with Crippen molar-refractivity contribution in [1.82, 2.24) is 10.4 Å². The molecular formula is C18H11N3O3. The fourth-order valence-corrected chi connectivity index (χ4v) is 3.18. The minimum Gasteiger partial charge on any atom is -0.431 e. The summed E-state index contributed by atoms with van der Waals surface area (Å²) >= 11 is 0. The minimum absolute atomic E-state index is 0.195. The van der Waals surface area contributed by atoms with E-state index in [1.54, 1.807) is 24.3 Å². The molecule has 0 saturated carbocycles. The van der Waals surface area contributed by atoms with Crippen LogP contribution in [0.15, 0.2) is 59.7 Å². The molecule has 2 aromatic carbocycles. The summed E-state index contributed by atoms with van der Waals surface area (Å²) in [5.74, 6) is -0.642. The molecule has 2 aliphatic rings. The van der Waals surface area contributed by atoms with Crippen LogP contribution in [0.5, 0.6) is 0 Å². The number of fused-ring (bicyclic) bond motifs is 2. The van der Waals surface area contributed by atoms with Crippen molar-refractivity contribution < 1.29 is 14.3 Å². The lowest BCUT2D eigenvalue weighted by Gasteiger charge is -2.18. The zero-order valence-electron chi connectivity index (χ0n) is 12.4. The number of carbonyl (C=O) groups excluding carboxylic acids is 2. The highest BCUT2D eigenvalue weighted by Crippen LogP contribution is 2.34. The Morgan fingerprint density at radius 3 is 2.29 bits per heavy atom. The lowest BCUT2D eigenvalue weighted by Crippen LogP contribution is -2.51. The molecule has 24 heavy (non-hydrogen) atoms. The van der Waals surface area contributed by atoms with Crippen LogP contribution in [0.25, 0.3) is 10.9 Å². The second kappa shape index (κ2) is 4.32. The van der Waals surface area contributed by atoms with Gasteiger partial charge in [0, 0.05) is 22.0 Å². The number of hydrazone groups is 1. The van der Waals surface area contributed by atoms with Crippen LogP contribution in [-0.2, 0) is 4.74 Å². The molecule has 5 rings (SSSR count). The van der Waals surface area contributed by atoms with Crippen LogP contribution in [0.1, 0.15) is 26.4 Å². The van der Waals surface area contributed by atoms with Crippen LogP contribution in [0.4, 0.5) is 0 Å². The van der Waals surface area contributed by atoms with Gasteiger partial charge in [0.05, 0.1) is 0 Å². The van der Waals surface area contributed by atoms with Gasteiger partial charge in [-0.2, -0.15) is 0 Å². The van der Waals surface area contributed by atoms with Gasteiger partial charge in [0.25, 0.3) is 5.90 Å². The van der Waals surface area contributed by atoms with Gasteiger partial charge < -0.3 is 9.72 Å². The van der Waals surface area contributed by atoms with E-state index in [0.29, 0.717) is 16.8 Å².